The highest BCUT2D eigenvalue weighted by Crippen LogP contribution is 2.51. The van der Waals surface area contributed by atoms with E-state index in [0.29, 0.717) is 17.9 Å². The molecule has 2 nitrogen and oxygen atoms in total. The van der Waals surface area contributed by atoms with Crippen LogP contribution in [0.2, 0.25) is 18.6 Å². The van der Waals surface area contributed by atoms with Gasteiger partial charge in [0.05, 0.1) is 0 Å². The molecule has 0 amide bonds. The molecule has 1 saturated carbocycles. The topological polar surface area (TPSA) is 15.3 Å². The molecule has 1 fully saturated rings. The second kappa shape index (κ2) is 6.77. The first-order valence-corrected chi connectivity index (χ1v) is 12.7. The van der Waals surface area contributed by atoms with Gasteiger partial charge in [-0.1, -0.05) is 55.6 Å². The lowest BCUT2D eigenvalue weighted by atomic mass is 9.89. The summed E-state index contributed by atoms with van der Waals surface area (Å²) in [6.07, 6.45) is 10.7. The van der Waals surface area contributed by atoms with Crippen LogP contribution in [0.15, 0.2) is 54.6 Å². The van der Waals surface area contributed by atoms with Crippen LogP contribution in [0, 0.1) is 11.8 Å². The zero-order valence-corrected chi connectivity index (χ0v) is 17.7. The first kappa shape index (κ1) is 18.5. The molecule has 4 unspecified atom stereocenters. The number of hydrogen-bond donors (Lipinski definition) is 1. The number of fused-ring (bicyclic) bond motifs is 1. The first-order valence-electron chi connectivity index (χ1n) is 9.61. The summed E-state index contributed by atoms with van der Waals surface area (Å²) in [5.41, 5.74) is 2.27. The van der Waals surface area contributed by atoms with Gasteiger partial charge in [-0.25, -0.2) is 0 Å². The summed E-state index contributed by atoms with van der Waals surface area (Å²) in [7, 11) is 0.711. The Hall–Kier alpha value is -1.32. The maximum Gasteiger partial charge on any atom is 0.123 e. The van der Waals surface area contributed by atoms with Gasteiger partial charge in [0.15, 0.2) is 0 Å². The van der Waals surface area contributed by atoms with Crippen LogP contribution in [0.5, 0.6) is 0 Å². The van der Waals surface area contributed by atoms with Gasteiger partial charge < -0.3 is 9.88 Å². The minimum Gasteiger partial charge on any atom is -0.371 e. The molecule has 25 heavy (non-hydrogen) atoms. The van der Waals surface area contributed by atoms with Crippen molar-refractivity contribution >= 4 is 13.9 Å². The molecule has 2 aliphatic rings. The largest absolute Gasteiger partial charge is 0.371 e. The lowest BCUT2D eigenvalue weighted by molar-refractivity contribution is 0.475. The Balaban J connectivity index is 1.88. The van der Waals surface area contributed by atoms with E-state index < -0.39 is 8.24 Å². The van der Waals surface area contributed by atoms with Crippen LogP contribution < -0.4 is 9.88 Å². The van der Waals surface area contributed by atoms with Crippen molar-refractivity contribution in [3.05, 3.63) is 54.6 Å². The van der Waals surface area contributed by atoms with Gasteiger partial charge in [-0.3, -0.25) is 0 Å². The molecule has 3 heteroatoms. The number of para-hydroxylation sites is 1. The summed E-state index contributed by atoms with van der Waals surface area (Å²) in [6, 6.07) is 11.4. The maximum atomic E-state index is 4.03. The predicted molar refractivity (Wildman–Crippen MR) is 113 cm³/mol. The third kappa shape index (κ3) is 3.93. The van der Waals surface area contributed by atoms with E-state index in [-0.39, 0.29) is 5.54 Å². The van der Waals surface area contributed by atoms with Crippen molar-refractivity contribution in [3.63, 3.8) is 0 Å². The molecular weight excluding hydrogens is 320 g/mol. The van der Waals surface area contributed by atoms with Crippen molar-refractivity contribution in [2.45, 2.75) is 57.4 Å². The van der Waals surface area contributed by atoms with E-state index in [9.17, 15) is 0 Å². The second-order valence-electron chi connectivity index (χ2n) is 9.38. The third-order valence-corrected chi connectivity index (χ3v) is 9.78. The molecule has 1 aromatic rings. The summed E-state index contributed by atoms with van der Waals surface area (Å²) in [5, 5.41) is 0. The predicted octanol–water partition coefficient (Wildman–Crippen LogP) is 5.22. The zero-order chi connectivity index (χ0) is 18.2. The maximum absolute atomic E-state index is 4.03. The molecule has 2 aliphatic carbocycles. The molecule has 1 N–H and O–H groups in total. The minimum atomic E-state index is -1.56. The summed E-state index contributed by atoms with van der Waals surface area (Å²) in [6.45, 7) is 12.0. The van der Waals surface area contributed by atoms with Crippen LogP contribution in [0.3, 0.4) is 0 Å². The Kier molecular flexibility index (Phi) is 5.00. The van der Waals surface area contributed by atoms with Gasteiger partial charge in [-0.2, -0.15) is 0 Å². The minimum absolute atomic E-state index is 0.183. The molecular formula is C22H34N2Si. The normalized spacial score (nSPS) is 28.9. The monoisotopic (exact) mass is 354 g/mol. The van der Waals surface area contributed by atoms with Crippen LogP contribution in [-0.4, -0.2) is 26.9 Å². The van der Waals surface area contributed by atoms with E-state index in [1.807, 2.05) is 0 Å². The van der Waals surface area contributed by atoms with Gasteiger partial charge in [-0.05, 0) is 50.8 Å². The van der Waals surface area contributed by atoms with Gasteiger partial charge in [0, 0.05) is 30.2 Å². The number of rotatable bonds is 4. The van der Waals surface area contributed by atoms with Crippen molar-refractivity contribution in [2.24, 2.45) is 11.8 Å². The Bertz CT molecular complexity index is 642. The first-order chi connectivity index (χ1) is 11.7. The molecule has 1 aromatic carbocycles. The quantitative estimate of drug-likeness (QED) is 0.746. The van der Waals surface area contributed by atoms with E-state index in [2.05, 4.69) is 105 Å². The van der Waals surface area contributed by atoms with Crippen molar-refractivity contribution in [3.8, 4) is 0 Å². The number of allylic oxidation sites excluding steroid dienone is 3. The number of nitrogens with one attached hydrogen (secondary N) is 1. The van der Waals surface area contributed by atoms with E-state index in [1.165, 1.54) is 12.1 Å². The van der Waals surface area contributed by atoms with E-state index in [1.54, 1.807) is 0 Å². The second-order valence-corrected chi connectivity index (χ2v) is 13.8. The molecule has 0 spiro atoms. The fourth-order valence-electron chi connectivity index (χ4n) is 5.11. The fourth-order valence-corrected chi connectivity index (χ4v) is 9.35. The highest BCUT2D eigenvalue weighted by Gasteiger charge is 2.50. The van der Waals surface area contributed by atoms with Gasteiger partial charge in [0.2, 0.25) is 0 Å². The lowest BCUT2D eigenvalue weighted by Crippen LogP contribution is -2.57. The Morgan fingerprint density at radius 1 is 1.00 bits per heavy atom. The Labute approximate surface area is 155 Å². The molecule has 3 rings (SSSR count). The average molecular weight is 355 g/mol. The molecule has 0 bridgehead atoms. The van der Waals surface area contributed by atoms with E-state index in [0.717, 1.165) is 5.54 Å². The zero-order valence-electron chi connectivity index (χ0n) is 16.7. The number of anilines is 1. The molecule has 0 heterocycles. The summed E-state index contributed by atoms with van der Waals surface area (Å²) in [5.74, 6) is 1.28. The number of benzene rings is 1. The van der Waals surface area contributed by atoms with Gasteiger partial charge in [-0.15, -0.1) is 0 Å². The Morgan fingerprint density at radius 3 is 2.20 bits per heavy atom. The molecule has 136 valence electrons. The van der Waals surface area contributed by atoms with Crippen molar-refractivity contribution in [2.75, 3.05) is 11.9 Å². The van der Waals surface area contributed by atoms with Gasteiger partial charge in [0.1, 0.15) is 8.24 Å². The highest BCUT2D eigenvalue weighted by atomic mass is 28.3. The summed E-state index contributed by atoms with van der Waals surface area (Å²) in [4.78, 5) is 6.55. The summed E-state index contributed by atoms with van der Waals surface area (Å²) < 4.78 is 0. The van der Waals surface area contributed by atoms with Crippen molar-refractivity contribution in [1.82, 2.24) is 4.98 Å². The molecule has 0 saturated heterocycles. The van der Waals surface area contributed by atoms with Crippen molar-refractivity contribution < 1.29 is 0 Å². The average Bonchev–Trinajstić information content (AvgIpc) is 2.93. The standard InChI is InChI=1S/C22H34N2Si/c1-22(2,3)23-25(5,6)21-16-20(18-14-10-11-15-19(18)21)24(4)17-12-8-7-9-13-17/h7-15,18-21,23H,16H2,1-6H3. The van der Waals surface area contributed by atoms with E-state index in [4.69, 9.17) is 0 Å². The molecule has 0 aromatic heterocycles. The van der Waals surface area contributed by atoms with Gasteiger partial charge in [0.25, 0.3) is 0 Å². The van der Waals surface area contributed by atoms with Crippen LogP contribution in [0.25, 0.3) is 0 Å². The molecule has 4 atom stereocenters. The number of hydrogen-bond acceptors (Lipinski definition) is 2. The van der Waals surface area contributed by atoms with Crippen molar-refractivity contribution in [1.29, 1.82) is 0 Å². The van der Waals surface area contributed by atoms with Crippen LogP contribution >= 0.6 is 0 Å². The number of nitrogens with zero attached hydrogens (tertiary/aromatic N) is 1. The smallest absolute Gasteiger partial charge is 0.123 e. The fraction of sp³-hybridized carbons (Fsp3) is 0.545. The molecule has 0 radical (unpaired) electrons. The SMILES string of the molecule is CN(c1ccccc1)C1CC([Si](C)(C)NC(C)(C)C)C2C=CC=CC21. The highest BCUT2D eigenvalue weighted by molar-refractivity contribution is 6.76. The van der Waals surface area contributed by atoms with Gasteiger partial charge >= 0.3 is 0 Å². The van der Waals surface area contributed by atoms with Crippen LogP contribution in [0.4, 0.5) is 5.69 Å². The van der Waals surface area contributed by atoms with E-state index >= 15 is 0 Å². The van der Waals surface area contributed by atoms with Crippen LogP contribution in [0.1, 0.15) is 27.2 Å². The lowest BCUT2D eigenvalue weighted by Gasteiger charge is -2.40. The summed E-state index contributed by atoms with van der Waals surface area (Å²) >= 11 is 0. The van der Waals surface area contributed by atoms with Crippen LogP contribution in [-0.2, 0) is 0 Å². The molecule has 0 aliphatic heterocycles. The third-order valence-electron chi connectivity index (χ3n) is 5.91. The Morgan fingerprint density at radius 2 is 1.60 bits per heavy atom.